The molecule has 0 bridgehead atoms. The number of ether oxygens (including phenoxy) is 1. The zero-order valence-corrected chi connectivity index (χ0v) is 12.1. The fraction of sp³-hybridized carbons (Fsp3) is 0.462. The fourth-order valence-electron chi connectivity index (χ4n) is 1.26. The predicted molar refractivity (Wildman–Crippen MR) is 77.1 cm³/mol. The SMILES string of the molecule is CC(C)Oc1cncc(/C=C/C[C@H](C)I)c1. The van der Waals surface area contributed by atoms with Crippen molar-refractivity contribution in [3.05, 3.63) is 30.1 Å². The normalized spacial score (nSPS) is 13.3. The van der Waals surface area contributed by atoms with Crippen molar-refractivity contribution in [1.29, 1.82) is 0 Å². The van der Waals surface area contributed by atoms with Crippen LogP contribution in [0.25, 0.3) is 6.08 Å². The Morgan fingerprint density at radius 1 is 1.38 bits per heavy atom. The second kappa shape index (κ2) is 6.89. The molecule has 0 N–H and O–H groups in total. The molecule has 0 unspecified atom stereocenters. The van der Waals surface area contributed by atoms with Crippen LogP contribution in [0, 0.1) is 0 Å². The molecular weight excluding hydrogens is 313 g/mol. The van der Waals surface area contributed by atoms with Gasteiger partial charge in [-0.25, -0.2) is 0 Å². The van der Waals surface area contributed by atoms with Crippen molar-refractivity contribution in [3.63, 3.8) is 0 Å². The first-order chi connectivity index (χ1) is 7.58. The van der Waals surface area contributed by atoms with Crippen LogP contribution in [0.15, 0.2) is 24.5 Å². The molecule has 1 rings (SSSR count). The number of pyridine rings is 1. The molecule has 0 aliphatic rings. The molecule has 0 spiro atoms. The molecule has 1 aromatic heterocycles. The molecule has 88 valence electrons. The van der Waals surface area contributed by atoms with Gasteiger partial charge in [0.1, 0.15) is 5.75 Å². The molecule has 0 saturated carbocycles. The Morgan fingerprint density at radius 2 is 2.12 bits per heavy atom. The lowest BCUT2D eigenvalue weighted by atomic mass is 10.2. The van der Waals surface area contributed by atoms with E-state index in [1.807, 2.05) is 26.1 Å². The van der Waals surface area contributed by atoms with Crippen LogP contribution in [0.2, 0.25) is 0 Å². The molecular formula is C13H18INO. The molecule has 0 fully saturated rings. The van der Waals surface area contributed by atoms with Crippen molar-refractivity contribution >= 4 is 28.7 Å². The van der Waals surface area contributed by atoms with Crippen LogP contribution >= 0.6 is 22.6 Å². The monoisotopic (exact) mass is 331 g/mol. The standard InChI is InChI=1S/C13H18INO/c1-10(2)16-13-7-12(8-15-9-13)6-4-5-11(3)14/h4,6-11H,5H2,1-3H3/b6-4+/t11-/m0/s1. The summed E-state index contributed by atoms with van der Waals surface area (Å²) in [4.78, 5) is 4.16. The van der Waals surface area contributed by atoms with Gasteiger partial charge in [-0.05, 0) is 31.9 Å². The Kier molecular flexibility index (Phi) is 5.80. The van der Waals surface area contributed by atoms with Gasteiger partial charge in [0.15, 0.2) is 0 Å². The van der Waals surface area contributed by atoms with Crippen molar-refractivity contribution in [3.8, 4) is 5.75 Å². The summed E-state index contributed by atoms with van der Waals surface area (Å²) < 4.78 is 6.25. The maximum atomic E-state index is 5.58. The first kappa shape index (κ1) is 13.5. The average molecular weight is 331 g/mol. The second-order valence-corrected chi connectivity index (χ2v) is 6.17. The number of rotatable bonds is 5. The van der Waals surface area contributed by atoms with E-state index in [1.165, 1.54) is 0 Å². The summed E-state index contributed by atoms with van der Waals surface area (Å²) in [6.07, 6.45) is 9.13. The minimum Gasteiger partial charge on any atom is -0.489 e. The fourth-order valence-corrected chi connectivity index (χ4v) is 1.55. The molecule has 0 amide bonds. The molecule has 0 aliphatic carbocycles. The number of aromatic nitrogens is 1. The number of allylic oxidation sites excluding steroid dienone is 1. The van der Waals surface area contributed by atoms with E-state index in [4.69, 9.17) is 4.74 Å². The first-order valence-corrected chi connectivity index (χ1v) is 6.75. The largest absolute Gasteiger partial charge is 0.489 e. The van der Waals surface area contributed by atoms with E-state index in [-0.39, 0.29) is 6.10 Å². The third kappa shape index (κ3) is 5.49. The molecule has 2 nitrogen and oxygen atoms in total. The Hall–Kier alpha value is -0.580. The van der Waals surface area contributed by atoms with E-state index in [0.717, 1.165) is 17.7 Å². The Morgan fingerprint density at radius 3 is 2.75 bits per heavy atom. The van der Waals surface area contributed by atoms with Gasteiger partial charge < -0.3 is 4.74 Å². The van der Waals surface area contributed by atoms with Gasteiger partial charge in [0, 0.05) is 10.1 Å². The third-order valence-corrected chi connectivity index (χ3v) is 2.39. The maximum Gasteiger partial charge on any atom is 0.138 e. The van der Waals surface area contributed by atoms with E-state index in [2.05, 4.69) is 46.7 Å². The Labute approximate surface area is 111 Å². The Balaban J connectivity index is 2.63. The summed E-state index contributed by atoms with van der Waals surface area (Å²) in [5.41, 5.74) is 1.09. The van der Waals surface area contributed by atoms with Gasteiger partial charge in [0.05, 0.1) is 12.3 Å². The van der Waals surface area contributed by atoms with E-state index >= 15 is 0 Å². The second-order valence-electron chi connectivity index (χ2n) is 4.04. The number of hydrogen-bond donors (Lipinski definition) is 0. The van der Waals surface area contributed by atoms with Crippen molar-refractivity contribution in [1.82, 2.24) is 4.98 Å². The highest BCUT2D eigenvalue weighted by Gasteiger charge is 1.98. The third-order valence-electron chi connectivity index (χ3n) is 1.88. The van der Waals surface area contributed by atoms with Crippen LogP contribution in [0.4, 0.5) is 0 Å². The molecule has 3 heteroatoms. The summed E-state index contributed by atoms with van der Waals surface area (Å²) in [7, 11) is 0. The van der Waals surface area contributed by atoms with Gasteiger partial charge in [0.2, 0.25) is 0 Å². The highest BCUT2D eigenvalue weighted by atomic mass is 127. The summed E-state index contributed by atoms with van der Waals surface area (Å²) in [5.74, 6) is 0.833. The van der Waals surface area contributed by atoms with Crippen LogP contribution in [0.3, 0.4) is 0 Å². The molecule has 0 radical (unpaired) electrons. The highest BCUT2D eigenvalue weighted by molar-refractivity contribution is 14.1. The van der Waals surface area contributed by atoms with Gasteiger partial charge >= 0.3 is 0 Å². The molecule has 0 saturated heterocycles. The van der Waals surface area contributed by atoms with Gasteiger partial charge in [0.25, 0.3) is 0 Å². The van der Waals surface area contributed by atoms with Crippen LogP contribution in [-0.2, 0) is 0 Å². The Bertz CT molecular complexity index is 348. The van der Waals surface area contributed by atoms with Crippen LogP contribution in [0.1, 0.15) is 32.8 Å². The molecule has 1 atom stereocenters. The van der Waals surface area contributed by atoms with Crippen LogP contribution in [0.5, 0.6) is 5.75 Å². The average Bonchev–Trinajstić information content (AvgIpc) is 2.16. The van der Waals surface area contributed by atoms with Crippen LogP contribution in [-0.4, -0.2) is 15.0 Å². The lowest BCUT2D eigenvalue weighted by molar-refractivity contribution is 0.241. The minimum atomic E-state index is 0.190. The smallest absolute Gasteiger partial charge is 0.138 e. The lowest BCUT2D eigenvalue weighted by Gasteiger charge is -2.09. The molecule has 0 aromatic carbocycles. The summed E-state index contributed by atoms with van der Waals surface area (Å²) in [6, 6.07) is 2.02. The molecule has 1 heterocycles. The summed E-state index contributed by atoms with van der Waals surface area (Å²) in [5, 5.41) is 0. The van der Waals surface area contributed by atoms with Crippen molar-refractivity contribution in [2.24, 2.45) is 0 Å². The molecule has 0 aliphatic heterocycles. The van der Waals surface area contributed by atoms with E-state index in [0.29, 0.717) is 3.92 Å². The van der Waals surface area contributed by atoms with E-state index in [9.17, 15) is 0 Å². The van der Waals surface area contributed by atoms with Crippen molar-refractivity contribution in [2.45, 2.75) is 37.2 Å². The van der Waals surface area contributed by atoms with Gasteiger partial charge in [-0.3, -0.25) is 4.98 Å². The quantitative estimate of drug-likeness (QED) is 0.599. The van der Waals surface area contributed by atoms with Crippen molar-refractivity contribution < 1.29 is 4.74 Å². The summed E-state index contributed by atoms with van der Waals surface area (Å²) >= 11 is 2.42. The zero-order valence-electron chi connectivity index (χ0n) is 9.98. The number of halogens is 1. The van der Waals surface area contributed by atoms with E-state index < -0.39 is 0 Å². The van der Waals surface area contributed by atoms with Gasteiger partial charge in [-0.2, -0.15) is 0 Å². The van der Waals surface area contributed by atoms with E-state index in [1.54, 1.807) is 6.20 Å². The van der Waals surface area contributed by atoms with Gasteiger partial charge in [-0.15, -0.1) is 0 Å². The summed E-state index contributed by atoms with van der Waals surface area (Å²) in [6.45, 7) is 6.22. The number of nitrogens with zero attached hydrogens (tertiary/aromatic N) is 1. The lowest BCUT2D eigenvalue weighted by Crippen LogP contribution is -2.05. The topological polar surface area (TPSA) is 22.1 Å². The molecule has 1 aromatic rings. The van der Waals surface area contributed by atoms with Gasteiger partial charge in [-0.1, -0.05) is 41.7 Å². The van der Waals surface area contributed by atoms with Crippen molar-refractivity contribution in [2.75, 3.05) is 0 Å². The molecule has 16 heavy (non-hydrogen) atoms. The minimum absolute atomic E-state index is 0.190. The maximum absolute atomic E-state index is 5.58. The highest BCUT2D eigenvalue weighted by Crippen LogP contribution is 2.15. The predicted octanol–water partition coefficient (Wildman–Crippen LogP) is 4.10. The zero-order chi connectivity index (χ0) is 12.0. The first-order valence-electron chi connectivity index (χ1n) is 5.50. The number of hydrogen-bond acceptors (Lipinski definition) is 2. The van der Waals surface area contributed by atoms with Crippen LogP contribution < -0.4 is 4.74 Å². The number of alkyl halides is 1.